The minimum absolute atomic E-state index is 0. The van der Waals surface area contributed by atoms with Crippen LogP contribution in [0.4, 0.5) is 0 Å². The van der Waals surface area contributed by atoms with Gasteiger partial charge in [-0.15, -0.1) is 12.2 Å². The molecule has 0 radical (unpaired) electrons. The first-order chi connectivity index (χ1) is 4.85. The molecule has 0 unspecified atom stereocenters. The van der Waals surface area contributed by atoms with Crippen LogP contribution in [0.3, 0.4) is 0 Å². The van der Waals surface area contributed by atoms with Gasteiger partial charge in [0, 0.05) is 0 Å². The van der Waals surface area contributed by atoms with Crippen LogP contribution in [0.2, 0.25) is 0 Å². The van der Waals surface area contributed by atoms with Crippen molar-refractivity contribution in [1.82, 2.24) is 0 Å². The Kier molecular flexibility index (Phi) is 48.5. The fourth-order valence-electron chi connectivity index (χ4n) is 0.523. The second-order valence-corrected chi connectivity index (χ2v) is 3.19. The molecule has 0 aromatic heterocycles. The molecule has 0 aromatic rings. The molecular weight excluding hydrogens is 266 g/mol. The van der Waals surface area contributed by atoms with E-state index in [1.165, 1.54) is 0 Å². The van der Waals surface area contributed by atoms with E-state index in [1.54, 1.807) is 6.08 Å². The monoisotopic (exact) mass is 282 g/mol. The van der Waals surface area contributed by atoms with Gasteiger partial charge in [0.1, 0.15) is 0 Å². The predicted octanol–water partition coefficient (Wildman–Crippen LogP) is 4.16. The van der Waals surface area contributed by atoms with Crippen molar-refractivity contribution in [3.8, 4) is 0 Å². The first-order valence-corrected chi connectivity index (χ1v) is 5.29. The average Bonchev–Trinajstić information content (AvgIpc) is 2.39. The first-order valence-electron chi connectivity index (χ1n) is 2.42. The summed E-state index contributed by atoms with van der Waals surface area (Å²) in [7, 11) is 9.47. The Morgan fingerprint density at radius 2 is 1.64 bits per heavy atom. The van der Waals surface area contributed by atoms with E-state index in [9.17, 15) is 4.79 Å². The summed E-state index contributed by atoms with van der Waals surface area (Å²) in [6.07, 6.45) is 8.14. The van der Waals surface area contributed by atoms with E-state index >= 15 is 0 Å². The van der Waals surface area contributed by atoms with Crippen LogP contribution in [0.1, 0.15) is 6.42 Å². The van der Waals surface area contributed by atoms with Crippen LogP contribution in [0.25, 0.3) is 0 Å². The van der Waals surface area contributed by atoms with Crippen molar-refractivity contribution in [2.45, 2.75) is 6.42 Å². The topological polar surface area (TPSA) is 17.1 Å². The number of hydrogen-bond donors (Lipinski definition) is 0. The summed E-state index contributed by atoms with van der Waals surface area (Å²) >= 11 is 0.382. The molecule has 0 aliphatic heterocycles. The predicted molar refractivity (Wildman–Crippen MR) is 64.9 cm³/mol. The molecule has 1 nitrogen and oxygen atoms in total. The van der Waals surface area contributed by atoms with Gasteiger partial charge in [-0.3, -0.25) is 0 Å². The van der Waals surface area contributed by atoms with Crippen LogP contribution in [-0.2, 0) is 17.7 Å². The Morgan fingerprint density at radius 1 is 1.21 bits per heavy atom. The Bertz CT molecular complexity index is 156. The Labute approximate surface area is 104 Å². The van der Waals surface area contributed by atoms with E-state index in [2.05, 4.69) is 0 Å². The molecule has 1 aliphatic carbocycles. The summed E-state index contributed by atoms with van der Waals surface area (Å²) in [5.41, 5.74) is 0.750. The molecule has 0 saturated heterocycles. The number of allylic oxidation sites excluding steroid dienone is 4. The van der Waals surface area contributed by atoms with Crippen LogP contribution in [0, 0.1) is 29.7 Å². The van der Waals surface area contributed by atoms with Crippen LogP contribution in [-0.4, -0.2) is 6.29 Å². The van der Waals surface area contributed by atoms with Crippen LogP contribution >= 0.6 is 20.3 Å². The van der Waals surface area contributed by atoms with Crippen molar-refractivity contribution >= 4 is 26.6 Å². The number of rotatable bonds is 1. The first kappa shape index (κ1) is 29.2. The zero-order valence-corrected chi connectivity index (χ0v) is 11.5. The summed E-state index contributed by atoms with van der Waals surface area (Å²) in [4.78, 5) is 9.77. The number of carbonyl (C=O) groups excluding carboxylic acids is 1. The third kappa shape index (κ3) is 18.1. The average molecular weight is 283 g/mol. The van der Waals surface area contributed by atoms with Crippen LogP contribution in [0.15, 0.2) is 23.8 Å². The van der Waals surface area contributed by atoms with Crippen LogP contribution < -0.4 is 0 Å². The summed E-state index contributed by atoms with van der Waals surface area (Å²) in [6.45, 7) is 0. The molecule has 0 aromatic carbocycles. The van der Waals surface area contributed by atoms with Gasteiger partial charge in [-0.25, -0.2) is 6.08 Å². The standard InChI is InChI=1S/C6H5O.4CH3.2ClH.Co/c7-5-6-3-1-2-4-6;;;;;;;/h1-3H,4H2;4*1H3;2*1H;/q5*-1;;;+2/p-2. The molecule has 1 rings (SSSR count). The van der Waals surface area contributed by atoms with E-state index in [0.717, 1.165) is 12.0 Å². The van der Waals surface area contributed by atoms with Gasteiger partial charge in [0.2, 0.25) is 0 Å². The van der Waals surface area contributed by atoms with Crippen molar-refractivity contribution < 1.29 is 17.7 Å². The molecule has 4 heteroatoms. The van der Waals surface area contributed by atoms with Crippen molar-refractivity contribution in [1.29, 1.82) is 0 Å². The fraction of sp³-hybridized carbons (Fsp3) is 0.100. The van der Waals surface area contributed by atoms with E-state index in [1.807, 2.05) is 18.4 Å². The molecule has 0 heterocycles. The molecule has 0 spiro atoms. The zero-order chi connectivity index (χ0) is 7.82. The minimum atomic E-state index is 0. The van der Waals surface area contributed by atoms with E-state index in [-0.39, 0.29) is 29.7 Å². The normalized spacial score (nSPS) is 10.0. The quantitative estimate of drug-likeness (QED) is 0.660. The zero-order valence-electron chi connectivity index (χ0n) is 8.94. The van der Waals surface area contributed by atoms with Crippen molar-refractivity contribution in [2.75, 3.05) is 0 Å². The second kappa shape index (κ2) is 23.2. The van der Waals surface area contributed by atoms with E-state index in [0.29, 0.717) is 12.9 Å². The van der Waals surface area contributed by atoms with Crippen molar-refractivity contribution in [3.05, 3.63) is 53.5 Å². The molecule has 0 saturated carbocycles. The summed E-state index contributed by atoms with van der Waals surface area (Å²) in [5, 5.41) is 0. The molecule has 0 fully saturated rings. The Balaban J connectivity index is -0.0000000355. The van der Waals surface area contributed by atoms with Gasteiger partial charge in [-0.1, -0.05) is 0 Å². The molecule has 1 aliphatic rings. The molecular formula is C10H17Cl2CoO-5. The molecule has 0 amide bonds. The summed E-state index contributed by atoms with van der Waals surface area (Å²) < 4.78 is 0. The summed E-state index contributed by atoms with van der Waals surface area (Å²) in [5.74, 6) is 0. The van der Waals surface area contributed by atoms with Gasteiger partial charge >= 0.3 is 33.2 Å². The van der Waals surface area contributed by atoms with Gasteiger partial charge in [-0.05, 0) is 12.7 Å². The fourth-order valence-corrected chi connectivity index (χ4v) is 0.523. The van der Waals surface area contributed by atoms with Gasteiger partial charge in [0.15, 0.2) is 0 Å². The van der Waals surface area contributed by atoms with Crippen molar-refractivity contribution in [2.24, 2.45) is 0 Å². The molecule has 0 atom stereocenters. The third-order valence-electron chi connectivity index (χ3n) is 0.902. The second-order valence-electron chi connectivity index (χ2n) is 1.47. The number of halogens is 2. The van der Waals surface area contributed by atoms with Gasteiger partial charge < -0.3 is 34.5 Å². The Morgan fingerprint density at radius 3 is 1.79 bits per heavy atom. The van der Waals surface area contributed by atoms with Crippen molar-refractivity contribution in [3.63, 3.8) is 0 Å². The Hall–Kier alpha value is 0.236. The maximum atomic E-state index is 9.77. The molecule has 91 valence electrons. The molecule has 0 bridgehead atoms. The van der Waals surface area contributed by atoms with E-state index in [4.69, 9.17) is 20.3 Å². The van der Waals surface area contributed by atoms with Crippen LogP contribution in [0.5, 0.6) is 0 Å². The third-order valence-corrected chi connectivity index (χ3v) is 0.902. The number of hydrogen-bond acceptors (Lipinski definition) is 1. The molecule has 0 N–H and O–H groups in total. The van der Waals surface area contributed by atoms with Gasteiger partial charge in [0.25, 0.3) is 0 Å². The molecule has 14 heavy (non-hydrogen) atoms. The van der Waals surface area contributed by atoms with Gasteiger partial charge in [0.05, 0.1) is 0 Å². The maximum absolute atomic E-state index is 9.77. The summed E-state index contributed by atoms with van der Waals surface area (Å²) in [6, 6.07) is 0. The van der Waals surface area contributed by atoms with Gasteiger partial charge in [-0.2, -0.15) is 5.57 Å². The SMILES string of the molecule is O=[C-]C1=CC=CC1.[CH3-].[CH3-].[CH3-].[CH3-].[Cl][Co][Cl]. The van der Waals surface area contributed by atoms with E-state index < -0.39 is 0 Å².